The summed E-state index contributed by atoms with van der Waals surface area (Å²) in [6.45, 7) is 2.00. The SMILES string of the molecule is CCc1csc(NC(=O)/C=C/c2cccc(F)c2)n1. The Labute approximate surface area is 114 Å². The molecule has 98 valence electrons. The summed E-state index contributed by atoms with van der Waals surface area (Å²) in [5.41, 5.74) is 1.60. The van der Waals surface area contributed by atoms with E-state index in [1.54, 1.807) is 18.2 Å². The topological polar surface area (TPSA) is 42.0 Å². The first-order valence-corrected chi connectivity index (χ1v) is 6.74. The quantitative estimate of drug-likeness (QED) is 0.868. The number of carbonyl (C=O) groups excluding carboxylic acids is 1. The summed E-state index contributed by atoms with van der Waals surface area (Å²) in [7, 11) is 0. The van der Waals surface area contributed by atoms with Gasteiger partial charge in [0.05, 0.1) is 5.69 Å². The molecule has 19 heavy (non-hydrogen) atoms. The number of anilines is 1. The van der Waals surface area contributed by atoms with Crippen LogP contribution in [-0.4, -0.2) is 10.9 Å². The van der Waals surface area contributed by atoms with Crippen molar-refractivity contribution >= 4 is 28.5 Å². The minimum atomic E-state index is -0.324. The summed E-state index contributed by atoms with van der Waals surface area (Å²) in [6.07, 6.45) is 3.76. The van der Waals surface area contributed by atoms with E-state index in [4.69, 9.17) is 0 Å². The molecule has 0 saturated heterocycles. The highest BCUT2D eigenvalue weighted by Gasteiger charge is 2.02. The average molecular weight is 276 g/mol. The van der Waals surface area contributed by atoms with Crippen LogP contribution in [0.1, 0.15) is 18.2 Å². The number of benzene rings is 1. The lowest BCUT2D eigenvalue weighted by molar-refractivity contribution is -0.111. The highest BCUT2D eigenvalue weighted by atomic mass is 32.1. The van der Waals surface area contributed by atoms with Gasteiger partial charge in [0.25, 0.3) is 0 Å². The molecule has 3 nitrogen and oxygen atoms in total. The lowest BCUT2D eigenvalue weighted by Gasteiger charge is -1.96. The Hall–Kier alpha value is -2.01. The van der Waals surface area contributed by atoms with E-state index in [0.29, 0.717) is 10.7 Å². The van der Waals surface area contributed by atoms with Crippen molar-refractivity contribution in [1.29, 1.82) is 0 Å². The third-order valence-corrected chi connectivity index (χ3v) is 3.23. The number of hydrogen-bond donors (Lipinski definition) is 1. The van der Waals surface area contributed by atoms with Gasteiger partial charge in [-0.1, -0.05) is 19.1 Å². The second kappa shape index (κ2) is 6.24. The van der Waals surface area contributed by atoms with Crippen molar-refractivity contribution in [2.75, 3.05) is 5.32 Å². The molecule has 0 unspecified atom stereocenters. The number of halogens is 1. The fourth-order valence-electron chi connectivity index (χ4n) is 1.46. The minimum Gasteiger partial charge on any atom is -0.298 e. The first-order valence-electron chi connectivity index (χ1n) is 5.86. The molecule has 1 aromatic carbocycles. The highest BCUT2D eigenvalue weighted by Crippen LogP contribution is 2.15. The van der Waals surface area contributed by atoms with E-state index < -0.39 is 0 Å². The van der Waals surface area contributed by atoms with Crippen LogP contribution in [0.5, 0.6) is 0 Å². The molecule has 5 heteroatoms. The molecule has 2 aromatic rings. The van der Waals surface area contributed by atoms with Crippen molar-refractivity contribution in [1.82, 2.24) is 4.98 Å². The van der Waals surface area contributed by atoms with Crippen LogP contribution in [0.3, 0.4) is 0 Å². The van der Waals surface area contributed by atoms with Gasteiger partial charge in [-0.05, 0) is 30.2 Å². The molecule has 0 saturated carbocycles. The zero-order chi connectivity index (χ0) is 13.7. The number of rotatable bonds is 4. The molecule has 0 radical (unpaired) electrons. The monoisotopic (exact) mass is 276 g/mol. The number of hydrogen-bond acceptors (Lipinski definition) is 3. The van der Waals surface area contributed by atoms with Crippen LogP contribution >= 0.6 is 11.3 Å². The highest BCUT2D eigenvalue weighted by molar-refractivity contribution is 7.13. The molecule has 1 N–H and O–H groups in total. The van der Waals surface area contributed by atoms with Gasteiger partial charge < -0.3 is 0 Å². The van der Waals surface area contributed by atoms with Crippen LogP contribution in [0.2, 0.25) is 0 Å². The van der Waals surface area contributed by atoms with Gasteiger partial charge in [-0.15, -0.1) is 11.3 Å². The number of thiazole rings is 1. The number of aryl methyl sites for hydroxylation is 1. The molecular formula is C14H13FN2OS. The molecule has 1 amide bonds. The Balaban J connectivity index is 1.97. The van der Waals surface area contributed by atoms with E-state index in [-0.39, 0.29) is 11.7 Å². The maximum absolute atomic E-state index is 12.9. The Morgan fingerprint density at radius 2 is 2.37 bits per heavy atom. The van der Waals surface area contributed by atoms with Crippen molar-refractivity contribution < 1.29 is 9.18 Å². The van der Waals surface area contributed by atoms with Crippen molar-refractivity contribution in [3.63, 3.8) is 0 Å². The standard InChI is InChI=1S/C14H13FN2OS/c1-2-12-9-19-14(16-12)17-13(18)7-6-10-4-3-5-11(15)8-10/h3-9H,2H2,1H3,(H,16,17,18)/b7-6+. The van der Waals surface area contributed by atoms with E-state index >= 15 is 0 Å². The van der Waals surface area contributed by atoms with Crippen LogP contribution in [-0.2, 0) is 11.2 Å². The van der Waals surface area contributed by atoms with Gasteiger partial charge in [-0.25, -0.2) is 9.37 Å². The van der Waals surface area contributed by atoms with Crippen molar-refractivity contribution in [3.8, 4) is 0 Å². The summed E-state index contributed by atoms with van der Waals surface area (Å²) >= 11 is 1.39. The summed E-state index contributed by atoms with van der Waals surface area (Å²) < 4.78 is 12.9. The second-order valence-electron chi connectivity index (χ2n) is 3.88. The van der Waals surface area contributed by atoms with Gasteiger partial charge in [-0.3, -0.25) is 10.1 Å². The fraction of sp³-hybridized carbons (Fsp3) is 0.143. The van der Waals surface area contributed by atoms with Crippen molar-refractivity contribution in [2.24, 2.45) is 0 Å². The predicted molar refractivity (Wildman–Crippen MR) is 75.6 cm³/mol. The molecule has 2 rings (SSSR count). The first-order chi connectivity index (χ1) is 9.17. The molecule has 0 aliphatic carbocycles. The summed E-state index contributed by atoms with van der Waals surface area (Å²) in [5, 5.41) is 5.15. The molecule has 0 atom stereocenters. The third-order valence-electron chi connectivity index (χ3n) is 2.42. The molecule has 1 aromatic heterocycles. The lowest BCUT2D eigenvalue weighted by Crippen LogP contribution is -2.07. The Morgan fingerprint density at radius 1 is 1.53 bits per heavy atom. The van der Waals surface area contributed by atoms with Crippen LogP contribution in [0, 0.1) is 5.82 Å². The maximum Gasteiger partial charge on any atom is 0.250 e. The zero-order valence-corrected chi connectivity index (χ0v) is 11.2. The molecule has 0 aliphatic heterocycles. The van der Waals surface area contributed by atoms with Crippen molar-refractivity contribution in [3.05, 3.63) is 52.8 Å². The number of amides is 1. The summed E-state index contributed by atoms with van der Waals surface area (Å²) in [6, 6.07) is 6.05. The maximum atomic E-state index is 12.9. The molecule has 0 spiro atoms. The lowest BCUT2D eigenvalue weighted by atomic mass is 10.2. The predicted octanol–water partition coefficient (Wildman–Crippen LogP) is 3.50. The van der Waals surface area contributed by atoms with Gasteiger partial charge >= 0.3 is 0 Å². The number of aromatic nitrogens is 1. The Morgan fingerprint density at radius 3 is 3.05 bits per heavy atom. The van der Waals surface area contributed by atoms with Crippen LogP contribution in [0.4, 0.5) is 9.52 Å². The Kier molecular flexibility index (Phi) is 4.41. The van der Waals surface area contributed by atoms with Crippen LogP contribution in [0.15, 0.2) is 35.7 Å². The molecule has 0 fully saturated rings. The van der Waals surface area contributed by atoms with E-state index in [1.807, 2.05) is 12.3 Å². The van der Waals surface area contributed by atoms with E-state index in [1.165, 1.54) is 29.5 Å². The normalized spacial score (nSPS) is 10.8. The fourth-order valence-corrected chi connectivity index (χ4v) is 2.25. The van der Waals surface area contributed by atoms with Gasteiger partial charge in [-0.2, -0.15) is 0 Å². The Bertz CT molecular complexity index is 607. The number of carbonyl (C=O) groups is 1. The summed E-state index contributed by atoms with van der Waals surface area (Å²) in [5.74, 6) is -0.601. The molecule has 1 heterocycles. The molecule has 0 aliphatic rings. The van der Waals surface area contributed by atoms with E-state index in [9.17, 15) is 9.18 Å². The van der Waals surface area contributed by atoms with Gasteiger partial charge in [0.15, 0.2) is 5.13 Å². The number of nitrogens with zero attached hydrogens (tertiary/aromatic N) is 1. The smallest absolute Gasteiger partial charge is 0.250 e. The van der Waals surface area contributed by atoms with E-state index in [2.05, 4.69) is 10.3 Å². The van der Waals surface area contributed by atoms with Gasteiger partial charge in [0.2, 0.25) is 5.91 Å². The van der Waals surface area contributed by atoms with Crippen LogP contribution in [0.25, 0.3) is 6.08 Å². The average Bonchev–Trinajstić information content (AvgIpc) is 2.84. The van der Waals surface area contributed by atoms with Gasteiger partial charge in [0.1, 0.15) is 5.82 Å². The van der Waals surface area contributed by atoms with Gasteiger partial charge in [0, 0.05) is 11.5 Å². The summed E-state index contributed by atoms with van der Waals surface area (Å²) in [4.78, 5) is 15.9. The third kappa shape index (κ3) is 3.99. The van der Waals surface area contributed by atoms with E-state index in [0.717, 1.165) is 12.1 Å². The molecular weight excluding hydrogens is 263 g/mol. The zero-order valence-electron chi connectivity index (χ0n) is 10.4. The second-order valence-corrected chi connectivity index (χ2v) is 4.73. The molecule has 0 bridgehead atoms. The van der Waals surface area contributed by atoms with Crippen molar-refractivity contribution in [2.45, 2.75) is 13.3 Å². The first kappa shape index (κ1) is 13.4. The van der Waals surface area contributed by atoms with Crippen LogP contribution < -0.4 is 5.32 Å². The number of nitrogens with one attached hydrogen (secondary N) is 1. The largest absolute Gasteiger partial charge is 0.298 e. The minimum absolute atomic E-state index is 0.277.